The van der Waals surface area contributed by atoms with Crippen molar-refractivity contribution in [2.75, 3.05) is 13.2 Å². The number of nitrogens with one attached hydrogen (secondary N) is 1. The quantitative estimate of drug-likeness (QED) is 0.639. The molecule has 1 N–H and O–H groups in total. The van der Waals surface area contributed by atoms with Crippen LogP contribution in [0.5, 0.6) is 5.75 Å². The number of rotatable bonds is 9. The van der Waals surface area contributed by atoms with E-state index in [2.05, 4.69) is 26.1 Å². The second kappa shape index (κ2) is 11.0. The Hall–Kier alpha value is -2.82. The number of benzene rings is 2. The summed E-state index contributed by atoms with van der Waals surface area (Å²) in [5, 5.41) is 2.85. The van der Waals surface area contributed by atoms with E-state index in [1.807, 2.05) is 69.3 Å². The standard InChI is InChI=1S/C26H36N2O3/c1-7-23(25(30)27-8-2)28(17-20-11-9-10-19(3)16-20)24(29)18-31-22-14-12-21(13-15-22)26(4,5)6/h9-16,23H,7-8,17-18H2,1-6H3,(H,27,30)/t23-/m0/s1. The second-order valence-corrected chi connectivity index (χ2v) is 8.89. The molecule has 0 radical (unpaired) electrons. The molecule has 0 fully saturated rings. The molecule has 31 heavy (non-hydrogen) atoms. The molecule has 0 bridgehead atoms. The largest absolute Gasteiger partial charge is 0.484 e. The van der Waals surface area contributed by atoms with Crippen molar-refractivity contribution >= 4 is 11.8 Å². The molecule has 5 heteroatoms. The van der Waals surface area contributed by atoms with Crippen molar-refractivity contribution < 1.29 is 14.3 Å². The molecule has 0 unspecified atom stereocenters. The molecule has 1 atom stereocenters. The van der Waals surface area contributed by atoms with E-state index in [1.54, 1.807) is 4.90 Å². The fraction of sp³-hybridized carbons (Fsp3) is 0.462. The van der Waals surface area contributed by atoms with Crippen LogP contribution in [0, 0.1) is 6.92 Å². The molecule has 0 aliphatic rings. The van der Waals surface area contributed by atoms with Gasteiger partial charge in [0.2, 0.25) is 5.91 Å². The lowest BCUT2D eigenvalue weighted by Crippen LogP contribution is -2.50. The first-order valence-corrected chi connectivity index (χ1v) is 11.0. The van der Waals surface area contributed by atoms with Crippen LogP contribution in [0.1, 0.15) is 57.7 Å². The van der Waals surface area contributed by atoms with Crippen molar-refractivity contribution in [2.45, 2.75) is 66.0 Å². The van der Waals surface area contributed by atoms with E-state index in [0.29, 0.717) is 25.3 Å². The molecule has 2 rings (SSSR count). The fourth-order valence-electron chi connectivity index (χ4n) is 3.50. The van der Waals surface area contributed by atoms with Gasteiger partial charge in [0.25, 0.3) is 5.91 Å². The van der Waals surface area contributed by atoms with E-state index >= 15 is 0 Å². The van der Waals surface area contributed by atoms with Crippen LogP contribution in [-0.4, -0.2) is 35.9 Å². The molecular formula is C26H36N2O3. The molecule has 0 spiro atoms. The highest BCUT2D eigenvalue weighted by Gasteiger charge is 2.28. The molecular weight excluding hydrogens is 388 g/mol. The van der Waals surface area contributed by atoms with E-state index in [0.717, 1.165) is 11.1 Å². The van der Waals surface area contributed by atoms with Crippen LogP contribution >= 0.6 is 0 Å². The average molecular weight is 425 g/mol. The normalized spacial score (nSPS) is 12.2. The summed E-state index contributed by atoms with van der Waals surface area (Å²) in [6.45, 7) is 13.0. The summed E-state index contributed by atoms with van der Waals surface area (Å²) < 4.78 is 5.79. The number of ether oxygens (including phenoxy) is 1. The zero-order valence-corrected chi connectivity index (χ0v) is 19.7. The van der Waals surface area contributed by atoms with Crippen molar-refractivity contribution in [1.29, 1.82) is 0 Å². The predicted octanol–water partition coefficient (Wildman–Crippen LogP) is 4.61. The Balaban J connectivity index is 2.17. The molecule has 0 aromatic heterocycles. The number of carbonyl (C=O) groups is 2. The number of hydrogen-bond acceptors (Lipinski definition) is 3. The monoisotopic (exact) mass is 424 g/mol. The summed E-state index contributed by atoms with van der Waals surface area (Å²) in [5.41, 5.74) is 3.37. The molecule has 0 aliphatic heterocycles. The lowest BCUT2D eigenvalue weighted by atomic mass is 9.87. The maximum Gasteiger partial charge on any atom is 0.261 e. The van der Waals surface area contributed by atoms with Crippen molar-refractivity contribution in [3.63, 3.8) is 0 Å². The second-order valence-electron chi connectivity index (χ2n) is 8.89. The highest BCUT2D eigenvalue weighted by Crippen LogP contribution is 2.24. The van der Waals surface area contributed by atoms with Gasteiger partial charge in [0.05, 0.1) is 0 Å². The first-order valence-electron chi connectivity index (χ1n) is 11.0. The van der Waals surface area contributed by atoms with Gasteiger partial charge in [-0.05, 0) is 48.9 Å². The van der Waals surface area contributed by atoms with Crippen molar-refractivity contribution in [3.8, 4) is 5.75 Å². The number of hydrogen-bond donors (Lipinski definition) is 1. The van der Waals surface area contributed by atoms with E-state index in [4.69, 9.17) is 4.74 Å². The van der Waals surface area contributed by atoms with Crippen LogP contribution < -0.4 is 10.1 Å². The third-order valence-corrected chi connectivity index (χ3v) is 5.25. The Morgan fingerprint density at radius 2 is 1.74 bits per heavy atom. The summed E-state index contributed by atoms with van der Waals surface area (Å²) >= 11 is 0. The fourth-order valence-corrected chi connectivity index (χ4v) is 3.50. The van der Waals surface area contributed by atoms with Crippen LogP contribution in [0.2, 0.25) is 0 Å². The zero-order valence-electron chi connectivity index (χ0n) is 19.7. The van der Waals surface area contributed by atoms with E-state index in [9.17, 15) is 9.59 Å². The Labute approximate surface area is 186 Å². The zero-order chi connectivity index (χ0) is 23.0. The molecule has 5 nitrogen and oxygen atoms in total. The number of likely N-dealkylation sites (N-methyl/N-ethyl adjacent to an activating group) is 1. The Kier molecular flexibility index (Phi) is 8.66. The maximum absolute atomic E-state index is 13.2. The topological polar surface area (TPSA) is 58.6 Å². The first-order chi connectivity index (χ1) is 14.7. The third-order valence-electron chi connectivity index (χ3n) is 5.25. The molecule has 0 saturated heterocycles. The summed E-state index contributed by atoms with van der Waals surface area (Å²) in [5.74, 6) is 0.294. The highest BCUT2D eigenvalue weighted by atomic mass is 16.5. The van der Waals surface area contributed by atoms with E-state index in [-0.39, 0.29) is 23.8 Å². The average Bonchev–Trinajstić information content (AvgIpc) is 2.72. The van der Waals surface area contributed by atoms with E-state index in [1.165, 1.54) is 5.56 Å². The van der Waals surface area contributed by atoms with Crippen LogP contribution in [0.4, 0.5) is 0 Å². The SMILES string of the molecule is CCNC(=O)[C@H](CC)N(Cc1cccc(C)c1)C(=O)COc1ccc(C(C)(C)C)cc1. The Morgan fingerprint density at radius 3 is 2.29 bits per heavy atom. The lowest BCUT2D eigenvalue weighted by molar-refractivity contribution is -0.142. The highest BCUT2D eigenvalue weighted by molar-refractivity contribution is 5.88. The summed E-state index contributed by atoms with van der Waals surface area (Å²) in [7, 11) is 0. The number of aryl methyl sites for hydroxylation is 1. The van der Waals surface area contributed by atoms with Crippen molar-refractivity contribution in [2.24, 2.45) is 0 Å². The number of nitrogens with zero attached hydrogens (tertiary/aromatic N) is 1. The minimum absolute atomic E-state index is 0.0555. The third kappa shape index (κ3) is 7.12. The number of amides is 2. The lowest BCUT2D eigenvalue weighted by Gasteiger charge is -2.30. The van der Waals surface area contributed by atoms with Crippen molar-refractivity contribution in [1.82, 2.24) is 10.2 Å². The molecule has 0 heterocycles. The van der Waals surface area contributed by atoms with Gasteiger partial charge in [-0.15, -0.1) is 0 Å². The van der Waals surface area contributed by atoms with Gasteiger partial charge >= 0.3 is 0 Å². The van der Waals surface area contributed by atoms with Crippen LogP contribution in [0.25, 0.3) is 0 Å². The molecule has 0 aliphatic carbocycles. The Morgan fingerprint density at radius 1 is 1.06 bits per heavy atom. The predicted molar refractivity (Wildman–Crippen MR) is 125 cm³/mol. The minimum atomic E-state index is -0.542. The van der Waals surface area contributed by atoms with Crippen LogP contribution in [-0.2, 0) is 21.5 Å². The van der Waals surface area contributed by atoms with Gasteiger partial charge < -0.3 is 15.0 Å². The molecule has 2 aromatic rings. The van der Waals surface area contributed by atoms with Gasteiger partial charge in [-0.2, -0.15) is 0 Å². The van der Waals surface area contributed by atoms with E-state index < -0.39 is 6.04 Å². The number of carbonyl (C=O) groups excluding carboxylic acids is 2. The van der Waals surface area contributed by atoms with Crippen molar-refractivity contribution in [3.05, 3.63) is 65.2 Å². The van der Waals surface area contributed by atoms with Gasteiger partial charge in [0, 0.05) is 13.1 Å². The minimum Gasteiger partial charge on any atom is -0.484 e. The summed E-state index contributed by atoms with van der Waals surface area (Å²) in [6, 6.07) is 15.3. The van der Waals surface area contributed by atoms with Crippen LogP contribution in [0.3, 0.4) is 0 Å². The molecule has 0 saturated carbocycles. The first kappa shape index (κ1) is 24.4. The van der Waals surface area contributed by atoms with Gasteiger partial charge in [0.1, 0.15) is 11.8 Å². The molecule has 2 amide bonds. The Bertz CT molecular complexity index is 869. The van der Waals surface area contributed by atoms with Gasteiger partial charge in [0.15, 0.2) is 6.61 Å². The molecule has 168 valence electrons. The van der Waals surface area contributed by atoms with Gasteiger partial charge in [-0.3, -0.25) is 9.59 Å². The van der Waals surface area contributed by atoms with Gasteiger partial charge in [-0.25, -0.2) is 0 Å². The molecule has 2 aromatic carbocycles. The summed E-state index contributed by atoms with van der Waals surface area (Å²) in [6.07, 6.45) is 0.531. The summed E-state index contributed by atoms with van der Waals surface area (Å²) in [4.78, 5) is 27.4. The smallest absolute Gasteiger partial charge is 0.261 e. The van der Waals surface area contributed by atoms with Crippen LogP contribution in [0.15, 0.2) is 48.5 Å². The van der Waals surface area contributed by atoms with Gasteiger partial charge in [-0.1, -0.05) is 69.7 Å². The maximum atomic E-state index is 13.2.